The van der Waals surface area contributed by atoms with Gasteiger partial charge in [0.15, 0.2) is 12.8 Å². The molecule has 4 nitrogen and oxygen atoms in total. The van der Waals surface area contributed by atoms with Gasteiger partial charge in [-0.15, -0.1) is 0 Å². The molecule has 0 aliphatic carbocycles. The first kappa shape index (κ1) is 13.9. The molecular weight excluding hydrogens is 254 g/mol. The Bertz CT molecular complexity index is 574. The van der Waals surface area contributed by atoms with E-state index in [2.05, 4.69) is 0 Å². The Balaban J connectivity index is 2.05. The molecule has 0 spiro atoms. The molecule has 0 bridgehead atoms. The predicted molar refractivity (Wildman–Crippen MR) is 78.5 cm³/mol. The second-order valence-electron chi connectivity index (χ2n) is 4.33. The van der Waals surface area contributed by atoms with E-state index >= 15 is 0 Å². The fraction of sp³-hybridized carbons (Fsp3) is 0.188. The zero-order valence-electron chi connectivity index (χ0n) is 11.6. The summed E-state index contributed by atoms with van der Waals surface area (Å²) >= 11 is 0. The van der Waals surface area contributed by atoms with Crippen molar-refractivity contribution < 1.29 is 14.2 Å². The number of benzene rings is 2. The Labute approximate surface area is 118 Å². The van der Waals surface area contributed by atoms with Gasteiger partial charge in [-0.1, -0.05) is 0 Å². The quantitative estimate of drug-likeness (QED) is 0.363. The van der Waals surface area contributed by atoms with Crippen LogP contribution in [0, 0.1) is 5.21 Å². The van der Waals surface area contributed by atoms with Crippen molar-refractivity contribution in [1.29, 1.82) is 0 Å². The van der Waals surface area contributed by atoms with Crippen molar-refractivity contribution in [2.45, 2.75) is 6.54 Å². The van der Waals surface area contributed by atoms with Crippen molar-refractivity contribution in [3.63, 3.8) is 0 Å². The third-order valence-corrected chi connectivity index (χ3v) is 2.91. The average Bonchev–Trinajstić information content (AvgIpc) is 2.49. The molecule has 0 aliphatic rings. The molecule has 0 N–H and O–H groups in total. The summed E-state index contributed by atoms with van der Waals surface area (Å²) in [5.74, 6) is 1.56. The molecule has 0 unspecified atom stereocenters. The summed E-state index contributed by atoms with van der Waals surface area (Å²) < 4.78 is 11.1. The smallest absolute Gasteiger partial charge is 0.182 e. The van der Waals surface area contributed by atoms with Gasteiger partial charge in [-0.25, -0.2) is 4.74 Å². The predicted octanol–water partition coefficient (Wildman–Crippen LogP) is 2.83. The third-order valence-electron chi connectivity index (χ3n) is 2.91. The molecule has 0 heterocycles. The highest BCUT2D eigenvalue weighted by molar-refractivity contribution is 5.75. The minimum atomic E-state index is 0.302. The van der Waals surface area contributed by atoms with Gasteiger partial charge >= 0.3 is 0 Å². The number of hydrogen-bond donors (Lipinski definition) is 0. The zero-order valence-corrected chi connectivity index (χ0v) is 11.6. The number of ether oxygens (including phenoxy) is 2. The Morgan fingerprint density at radius 2 is 1.40 bits per heavy atom. The fourth-order valence-electron chi connectivity index (χ4n) is 1.81. The van der Waals surface area contributed by atoms with Gasteiger partial charge in [0.05, 0.1) is 14.2 Å². The van der Waals surface area contributed by atoms with Crippen LogP contribution in [0.5, 0.6) is 11.5 Å². The van der Waals surface area contributed by atoms with Crippen LogP contribution < -0.4 is 9.47 Å². The van der Waals surface area contributed by atoms with Crippen molar-refractivity contribution in [1.82, 2.24) is 0 Å². The maximum absolute atomic E-state index is 11.9. The van der Waals surface area contributed by atoms with Gasteiger partial charge in [0, 0.05) is 11.1 Å². The van der Waals surface area contributed by atoms with Crippen molar-refractivity contribution in [2.24, 2.45) is 0 Å². The zero-order chi connectivity index (χ0) is 14.4. The van der Waals surface area contributed by atoms with Gasteiger partial charge in [0.1, 0.15) is 11.5 Å². The summed E-state index contributed by atoms with van der Waals surface area (Å²) in [6, 6.07) is 14.8. The monoisotopic (exact) mass is 271 g/mol. The summed E-state index contributed by atoms with van der Waals surface area (Å²) in [4.78, 5) is 0. The van der Waals surface area contributed by atoms with Gasteiger partial charge in [-0.05, 0) is 48.5 Å². The van der Waals surface area contributed by atoms with Crippen molar-refractivity contribution in [3.05, 3.63) is 64.9 Å². The second-order valence-corrected chi connectivity index (χ2v) is 4.33. The third kappa shape index (κ3) is 3.75. The van der Waals surface area contributed by atoms with Crippen LogP contribution in [0.15, 0.2) is 48.5 Å². The Morgan fingerprint density at radius 1 is 0.900 bits per heavy atom. The average molecular weight is 271 g/mol. The molecule has 0 aromatic heterocycles. The van der Waals surface area contributed by atoms with Gasteiger partial charge < -0.3 is 14.7 Å². The highest BCUT2D eigenvalue weighted by Crippen LogP contribution is 2.12. The topological polar surface area (TPSA) is 44.5 Å². The maximum atomic E-state index is 11.9. The highest BCUT2D eigenvalue weighted by atomic mass is 16.5. The lowest BCUT2D eigenvalue weighted by Crippen LogP contribution is -2.05. The van der Waals surface area contributed by atoms with E-state index < -0.39 is 0 Å². The number of methoxy groups -OCH3 is 2. The molecule has 0 atom stereocenters. The number of nitrogens with zero attached hydrogens (tertiary/aromatic N) is 1. The van der Waals surface area contributed by atoms with E-state index in [1.54, 1.807) is 20.4 Å². The van der Waals surface area contributed by atoms with Crippen molar-refractivity contribution in [3.8, 4) is 11.5 Å². The Hall–Kier alpha value is -2.49. The molecule has 4 heteroatoms. The lowest BCUT2D eigenvalue weighted by Gasteiger charge is -2.05. The first-order chi connectivity index (χ1) is 9.71. The normalized spacial score (nSPS) is 11.2. The molecule has 0 aliphatic heterocycles. The molecule has 104 valence electrons. The van der Waals surface area contributed by atoms with Crippen LogP contribution in [0.2, 0.25) is 0 Å². The summed E-state index contributed by atoms with van der Waals surface area (Å²) in [6.07, 6.45) is 1.56. The van der Waals surface area contributed by atoms with Gasteiger partial charge in [0.25, 0.3) is 0 Å². The molecule has 0 saturated carbocycles. The number of hydroxylamine groups is 1. The van der Waals surface area contributed by atoms with Crippen LogP contribution in [-0.4, -0.2) is 25.2 Å². The second kappa shape index (κ2) is 6.61. The van der Waals surface area contributed by atoms with E-state index in [9.17, 15) is 5.21 Å². The molecule has 2 aromatic rings. The highest BCUT2D eigenvalue weighted by Gasteiger charge is 2.01. The molecule has 0 fully saturated rings. The minimum absolute atomic E-state index is 0.302. The minimum Gasteiger partial charge on any atom is -0.624 e. The van der Waals surface area contributed by atoms with Crippen LogP contribution >= 0.6 is 0 Å². The van der Waals surface area contributed by atoms with Crippen molar-refractivity contribution >= 4 is 6.21 Å². The summed E-state index contributed by atoms with van der Waals surface area (Å²) in [5, 5.41) is 11.9. The van der Waals surface area contributed by atoms with Gasteiger partial charge in [0.2, 0.25) is 0 Å². The first-order valence-corrected chi connectivity index (χ1v) is 6.27. The molecule has 2 aromatic carbocycles. The molecule has 20 heavy (non-hydrogen) atoms. The summed E-state index contributed by atoms with van der Waals surface area (Å²) in [6.45, 7) is 0.302. The van der Waals surface area contributed by atoms with Gasteiger partial charge in [-0.2, -0.15) is 0 Å². The first-order valence-electron chi connectivity index (χ1n) is 6.27. The molecule has 0 amide bonds. The van der Waals surface area contributed by atoms with Crippen LogP contribution in [0.25, 0.3) is 0 Å². The number of hydrogen-bond acceptors (Lipinski definition) is 3. The van der Waals surface area contributed by atoms with Crippen LogP contribution in [0.4, 0.5) is 0 Å². The van der Waals surface area contributed by atoms with E-state index in [1.165, 1.54) is 0 Å². The molecule has 0 saturated heterocycles. The molecular formula is C16H17NO3. The van der Waals surface area contributed by atoms with E-state index in [0.717, 1.165) is 27.4 Å². The lowest BCUT2D eigenvalue weighted by atomic mass is 10.2. The van der Waals surface area contributed by atoms with E-state index in [4.69, 9.17) is 9.47 Å². The summed E-state index contributed by atoms with van der Waals surface area (Å²) in [5.41, 5.74) is 1.78. The molecule has 2 rings (SSSR count). The van der Waals surface area contributed by atoms with Crippen LogP contribution in [0.3, 0.4) is 0 Å². The summed E-state index contributed by atoms with van der Waals surface area (Å²) in [7, 11) is 3.23. The fourth-order valence-corrected chi connectivity index (χ4v) is 1.81. The Kier molecular flexibility index (Phi) is 4.60. The van der Waals surface area contributed by atoms with E-state index in [1.807, 2.05) is 48.5 Å². The molecule has 0 radical (unpaired) electrons. The van der Waals surface area contributed by atoms with E-state index in [-0.39, 0.29) is 0 Å². The SMILES string of the molecule is COc1ccc(/C=[N+](\[O-])Cc2ccc(OC)cc2)cc1. The largest absolute Gasteiger partial charge is 0.624 e. The van der Waals surface area contributed by atoms with E-state index in [0.29, 0.717) is 6.54 Å². The van der Waals surface area contributed by atoms with Gasteiger partial charge in [-0.3, -0.25) is 0 Å². The maximum Gasteiger partial charge on any atom is 0.182 e. The lowest BCUT2D eigenvalue weighted by molar-refractivity contribution is -0.469. The van der Waals surface area contributed by atoms with Crippen LogP contribution in [0.1, 0.15) is 11.1 Å². The van der Waals surface area contributed by atoms with Crippen LogP contribution in [-0.2, 0) is 6.54 Å². The number of rotatable bonds is 5. The Morgan fingerprint density at radius 3 is 1.90 bits per heavy atom. The van der Waals surface area contributed by atoms with Crippen molar-refractivity contribution in [2.75, 3.05) is 14.2 Å². The standard InChI is InChI=1S/C16H17NO3/c1-19-15-7-3-13(4-8-15)11-17(18)12-14-5-9-16(20-2)10-6-14/h3-11H,12H2,1-2H3/b17-11-.